The molecule has 1 aliphatic heterocycles. The number of amides is 2. The Morgan fingerprint density at radius 1 is 1.24 bits per heavy atom. The molecule has 0 unspecified atom stereocenters. The zero-order valence-electron chi connectivity index (χ0n) is 12.6. The molecule has 114 valence electrons. The van der Waals surface area contributed by atoms with Gasteiger partial charge in [0.2, 0.25) is 11.8 Å². The minimum Gasteiger partial charge on any atom is -0.356 e. The van der Waals surface area contributed by atoms with Gasteiger partial charge in [-0.05, 0) is 37.1 Å². The maximum absolute atomic E-state index is 12.2. The summed E-state index contributed by atoms with van der Waals surface area (Å²) in [6, 6.07) is 7.45. The van der Waals surface area contributed by atoms with Crippen LogP contribution in [0.2, 0.25) is 0 Å². The molecule has 21 heavy (non-hydrogen) atoms. The summed E-state index contributed by atoms with van der Waals surface area (Å²) in [5.41, 5.74) is 1.72. The fourth-order valence-electron chi connectivity index (χ4n) is 2.55. The molecule has 0 aliphatic carbocycles. The Morgan fingerprint density at radius 2 is 1.95 bits per heavy atom. The van der Waals surface area contributed by atoms with Crippen LogP contribution in [0.3, 0.4) is 0 Å². The monoisotopic (exact) mass is 289 g/mol. The highest BCUT2D eigenvalue weighted by Gasteiger charge is 2.29. The predicted octanol–water partition coefficient (Wildman–Crippen LogP) is 1.16. The second kappa shape index (κ2) is 7.22. The van der Waals surface area contributed by atoms with Crippen molar-refractivity contribution in [2.75, 3.05) is 25.0 Å². The fourth-order valence-corrected chi connectivity index (χ4v) is 2.55. The van der Waals surface area contributed by atoms with Gasteiger partial charge in [-0.1, -0.05) is 19.1 Å². The normalized spacial score (nSPS) is 21.0. The molecule has 1 aromatic rings. The Bertz CT molecular complexity index is 499. The van der Waals surface area contributed by atoms with Gasteiger partial charge in [-0.3, -0.25) is 9.59 Å². The van der Waals surface area contributed by atoms with E-state index in [0.29, 0.717) is 18.9 Å². The van der Waals surface area contributed by atoms with E-state index in [-0.39, 0.29) is 17.7 Å². The van der Waals surface area contributed by atoms with Crippen LogP contribution in [-0.2, 0) is 16.0 Å². The SMILES string of the molecule is CCNC(=O)Cc1ccc(NC(=O)[C@@H]2CNC[C@H]2C)cc1. The van der Waals surface area contributed by atoms with Crippen molar-refractivity contribution in [3.63, 3.8) is 0 Å². The van der Waals surface area contributed by atoms with Gasteiger partial charge in [-0.2, -0.15) is 0 Å². The summed E-state index contributed by atoms with van der Waals surface area (Å²) in [5, 5.41) is 8.93. The Kier molecular flexibility index (Phi) is 5.33. The summed E-state index contributed by atoms with van der Waals surface area (Å²) in [6.07, 6.45) is 0.367. The van der Waals surface area contributed by atoms with E-state index in [0.717, 1.165) is 24.3 Å². The number of benzene rings is 1. The lowest BCUT2D eigenvalue weighted by atomic mass is 9.97. The Balaban J connectivity index is 1.90. The molecule has 1 heterocycles. The molecule has 1 saturated heterocycles. The van der Waals surface area contributed by atoms with Gasteiger partial charge in [-0.25, -0.2) is 0 Å². The molecule has 0 bridgehead atoms. The maximum atomic E-state index is 12.2. The van der Waals surface area contributed by atoms with Crippen LogP contribution in [0.5, 0.6) is 0 Å². The second-order valence-electron chi connectivity index (χ2n) is 5.56. The average molecular weight is 289 g/mol. The Labute approximate surface area is 125 Å². The first-order valence-electron chi connectivity index (χ1n) is 7.47. The summed E-state index contributed by atoms with van der Waals surface area (Å²) >= 11 is 0. The molecule has 1 aromatic carbocycles. The van der Waals surface area contributed by atoms with Gasteiger partial charge in [0.05, 0.1) is 12.3 Å². The molecular weight excluding hydrogens is 266 g/mol. The van der Waals surface area contributed by atoms with Gasteiger partial charge in [-0.15, -0.1) is 0 Å². The number of carbonyl (C=O) groups is 2. The number of hydrogen-bond donors (Lipinski definition) is 3. The van der Waals surface area contributed by atoms with E-state index in [1.807, 2.05) is 31.2 Å². The van der Waals surface area contributed by atoms with Crippen molar-refractivity contribution >= 4 is 17.5 Å². The molecule has 2 atom stereocenters. The third-order valence-electron chi connectivity index (χ3n) is 3.81. The number of likely N-dealkylation sites (N-methyl/N-ethyl adjacent to an activating group) is 1. The van der Waals surface area contributed by atoms with Crippen LogP contribution < -0.4 is 16.0 Å². The number of anilines is 1. The van der Waals surface area contributed by atoms with Crippen molar-refractivity contribution in [1.29, 1.82) is 0 Å². The summed E-state index contributed by atoms with van der Waals surface area (Å²) < 4.78 is 0. The number of hydrogen-bond acceptors (Lipinski definition) is 3. The lowest BCUT2D eigenvalue weighted by Crippen LogP contribution is -2.27. The van der Waals surface area contributed by atoms with E-state index >= 15 is 0 Å². The summed E-state index contributed by atoms with van der Waals surface area (Å²) in [7, 11) is 0. The van der Waals surface area contributed by atoms with Gasteiger partial charge in [0.1, 0.15) is 0 Å². The maximum Gasteiger partial charge on any atom is 0.229 e. The number of carbonyl (C=O) groups excluding carboxylic acids is 2. The predicted molar refractivity (Wildman–Crippen MR) is 83.0 cm³/mol. The lowest BCUT2D eigenvalue weighted by molar-refractivity contribution is -0.121. The van der Waals surface area contributed by atoms with Gasteiger partial charge < -0.3 is 16.0 Å². The van der Waals surface area contributed by atoms with Crippen LogP contribution in [0.25, 0.3) is 0 Å². The van der Waals surface area contributed by atoms with Crippen LogP contribution in [-0.4, -0.2) is 31.4 Å². The molecule has 1 fully saturated rings. The lowest BCUT2D eigenvalue weighted by Gasteiger charge is -2.14. The van der Waals surface area contributed by atoms with E-state index in [9.17, 15) is 9.59 Å². The highest BCUT2D eigenvalue weighted by Crippen LogP contribution is 2.18. The molecule has 3 N–H and O–H groups in total. The van der Waals surface area contributed by atoms with Gasteiger partial charge in [0.25, 0.3) is 0 Å². The van der Waals surface area contributed by atoms with E-state index in [4.69, 9.17) is 0 Å². The van der Waals surface area contributed by atoms with Crippen molar-refractivity contribution < 1.29 is 9.59 Å². The second-order valence-corrected chi connectivity index (χ2v) is 5.56. The number of nitrogens with one attached hydrogen (secondary N) is 3. The van der Waals surface area contributed by atoms with Crippen molar-refractivity contribution in [3.8, 4) is 0 Å². The molecule has 0 aromatic heterocycles. The summed E-state index contributed by atoms with van der Waals surface area (Å²) in [4.78, 5) is 23.7. The third kappa shape index (κ3) is 4.29. The molecule has 2 rings (SSSR count). The molecular formula is C16H23N3O2. The highest BCUT2D eigenvalue weighted by atomic mass is 16.2. The van der Waals surface area contributed by atoms with Crippen molar-refractivity contribution in [3.05, 3.63) is 29.8 Å². The standard InChI is InChI=1S/C16H23N3O2/c1-3-18-15(20)8-12-4-6-13(7-5-12)19-16(21)14-10-17-9-11(14)2/h4-7,11,14,17H,3,8-10H2,1-2H3,(H,18,20)(H,19,21)/t11-,14-/m1/s1. The first-order chi connectivity index (χ1) is 10.1. The van der Waals surface area contributed by atoms with Crippen LogP contribution in [0.15, 0.2) is 24.3 Å². The van der Waals surface area contributed by atoms with Gasteiger partial charge in [0.15, 0.2) is 0 Å². The minimum atomic E-state index is 0.0140. The van der Waals surface area contributed by atoms with Gasteiger partial charge >= 0.3 is 0 Å². The highest BCUT2D eigenvalue weighted by molar-refractivity contribution is 5.93. The van der Waals surface area contributed by atoms with Crippen molar-refractivity contribution in [1.82, 2.24) is 10.6 Å². The van der Waals surface area contributed by atoms with E-state index < -0.39 is 0 Å². The smallest absolute Gasteiger partial charge is 0.229 e. The quantitative estimate of drug-likeness (QED) is 0.762. The van der Waals surface area contributed by atoms with Crippen LogP contribution in [0.1, 0.15) is 19.4 Å². The summed E-state index contributed by atoms with van der Waals surface area (Å²) in [5.74, 6) is 0.464. The third-order valence-corrected chi connectivity index (χ3v) is 3.81. The van der Waals surface area contributed by atoms with E-state index in [1.54, 1.807) is 0 Å². The molecule has 5 nitrogen and oxygen atoms in total. The average Bonchev–Trinajstić information content (AvgIpc) is 2.87. The molecule has 0 radical (unpaired) electrons. The first kappa shape index (κ1) is 15.5. The Morgan fingerprint density at radius 3 is 2.52 bits per heavy atom. The minimum absolute atomic E-state index is 0.0140. The Hall–Kier alpha value is -1.88. The molecule has 1 aliphatic rings. The fraction of sp³-hybridized carbons (Fsp3) is 0.500. The molecule has 2 amide bonds. The first-order valence-corrected chi connectivity index (χ1v) is 7.47. The topological polar surface area (TPSA) is 70.2 Å². The molecule has 0 spiro atoms. The van der Waals surface area contributed by atoms with Crippen molar-refractivity contribution in [2.24, 2.45) is 11.8 Å². The summed E-state index contributed by atoms with van der Waals surface area (Å²) in [6.45, 7) is 6.25. The molecule has 5 heteroatoms. The van der Waals surface area contributed by atoms with Crippen LogP contribution in [0.4, 0.5) is 5.69 Å². The van der Waals surface area contributed by atoms with Crippen LogP contribution >= 0.6 is 0 Å². The zero-order valence-corrected chi connectivity index (χ0v) is 12.6. The largest absolute Gasteiger partial charge is 0.356 e. The van der Waals surface area contributed by atoms with Crippen LogP contribution in [0, 0.1) is 11.8 Å². The number of rotatable bonds is 5. The van der Waals surface area contributed by atoms with E-state index in [1.165, 1.54) is 0 Å². The molecule has 0 saturated carbocycles. The van der Waals surface area contributed by atoms with Crippen molar-refractivity contribution in [2.45, 2.75) is 20.3 Å². The van der Waals surface area contributed by atoms with E-state index in [2.05, 4.69) is 22.9 Å². The zero-order chi connectivity index (χ0) is 15.2. The van der Waals surface area contributed by atoms with Gasteiger partial charge in [0, 0.05) is 18.8 Å².